The number of aliphatic hydroxyl groups is 1. The first kappa shape index (κ1) is 33.5. The molecule has 8 nitrogen and oxygen atoms in total. The van der Waals surface area contributed by atoms with Crippen LogP contribution in [0.3, 0.4) is 0 Å². The largest absolute Gasteiger partial charge is 0.502 e. The van der Waals surface area contributed by atoms with Gasteiger partial charge in [0.2, 0.25) is 0 Å². The number of hydrogen-bond donors (Lipinski definition) is 2. The predicted octanol–water partition coefficient (Wildman–Crippen LogP) is 8.20. The highest BCUT2D eigenvalue weighted by molar-refractivity contribution is 9.10. The van der Waals surface area contributed by atoms with Crippen LogP contribution in [0.1, 0.15) is 71.9 Å². The second kappa shape index (κ2) is 21.7. The van der Waals surface area contributed by atoms with E-state index in [2.05, 4.69) is 55.9 Å². The number of aliphatic hydroxyl groups excluding tert-OH is 1. The molecule has 1 N–H and O–H groups in total. The Morgan fingerprint density at radius 3 is 2.10 bits per heavy atom. The van der Waals surface area contributed by atoms with Crippen LogP contribution in [0.2, 0.25) is 0 Å². The van der Waals surface area contributed by atoms with E-state index in [1.165, 1.54) is 19.3 Å². The Balaban J connectivity index is 0.000000300. The zero-order chi connectivity index (χ0) is 30.8. The van der Waals surface area contributed by atoms with Gasteiger partial charge in [0.15, 0.2) is 6.29 Å². The molecule has 0 aliphatic carbocycles. The van der Waals surface area contributed by atoms with E-state index in [-0.39, 0.29) is 38.2 Å². The van der Waals surface area contributed by atoms with Gasteiger partial charge in [0.25, 0.3) is 0 Å². The van der Waals surface area contributed by atoms with Crippen LogP contribution in [0.15, 0.2) is 46.1 Å². The average molecular weight is 736 g/mol. The van der Waals surface area contributed by atoms with E-state index >= 15 is 0 Å². The van der Waals surface area contributed by atoms with Gasteiger partial charge in [0.05, 0.1) is 59.8 Å². The van der Waals surface area contributed by atoms with E-state index < -0.39 is 7.42 Å². The first-order chi connectivity index (χ1) is 19.5. The summed E-state index contributed by atoms with van der Waals surface area (Å²) in [5, 5.41) is 17.5. The number of rotatable bonds is 8. The smallest absolute Gasteiger partial charge is 0.158 e. The number of thiol groups is 1. The molecule has 1 saturated heterocycles. The summed E-state index contributed by atoms with van der Waals surface area (Å²) < 4.78 is 35.8. The van der Waals surface area contributed by atoms with Gasteiger partial charge in [-0.2, -0.15) is 10.2 Å². The summed E-state index contributed by atoms with van der Waals surface area (Å²) in [7, 11) is -0.894. The topological polar surface area (TPSA) is 83.6 Å². The molecule has 224 valence electrons. The standard InChI is InChI=1S/C12H19BrN2O2.C7H11BrN2O.C5H8O.C2H8P2S/c1-9(15-8-11(13)7-14-15)10(2)17-12-5-3-4-6-16-12;1-5(6(2)11)10-4-7(8)3-9-10;1-2-4-6-5-3-1;1-4(2)3-5/h7-10,12H,3-6H2,1-2H3;3-6,11H,1-2H3;2,4H,1,3,5H2;3,5H,1-2H3/i;;;3T,5D. The fourth-order valence-corrected chi connectivity index (χ4v) is 3.77. The van der Waals surface area contributed by atoms with Gasteiger partial charge in [-0.3, -0.25) is 9.36 Å². The Labute approximate surface area is 262 Å². The Bertz CT molecular complexity index is 964. The summed E-state index contributed by atoms with van der Waals surface area (Å²) in [5.74, 6) is 0. The Morgan fingerprint density at radius 2 is 1.77 bits per heavy atom. The minimum Gasteiger partial charge on any atom is -0.502 e. The van der Waals surface area contributed by atoms with Crippen molar-refractivity contribution in [3.05, 3.63) is 46.1 Å². The minimum absolute atomic E-state index is 0.0290. The van der Waals surface area contributed by atoms with Gasteiger partial charge < -0.3 is 19.3 Å². The van der Waals surface area contributed by atoms with Crippen LogP contribution in [-0.2, 0) is 14.2 Å². The summed E-state index contributed by atoms with van der Waals surface area (Å²) in [5.41, 5.74) is 0. The Hall–Kier alpha value is 0.0100. The molecule has 6 unspecified atom stereocenters. The zero-order valence-electron chi connectivity index (χ0n) is 25.8. The van der Waals surface area contributed by atoms with Crippen molar-refractivity contribution < 1.29 is 19.3 Å². The van der Waals surface area contributed by atoms with Gasteiger partial charge in [0, 0.05) is 19.0 Å². The fraction of sp³-hybridized carbons (Fsp3) is 0.692. The van der Waals surface area contributed by atoms with Crippen LogP contribution in [-0.4, -0.2) is 72.1 Å². The van der Waals surface area contributed by atoms with Crippen LogP contribution in [0.25, 0.3) is 0 Å². The SMILES string of the molecule is C1=COCCC1.CC(O)C(C)n1cc(Br)cn1.CC(OC1CCCCO1)C(C)n1cc(Br)cn1.[2H]SP([3H])P(C)C. The molecule has 2 aromatic heterocycles. The molecule has 13 heteroatoms. The lowest BCUT2D eigenvalue weighted by Crippen LogP contribution is -2.31. The van der Waals surface area contributed by atoms with Crippen LogP contribution in [0.5, 0.6) is 0 Å². The molecule has 0 bridgehead atoms. The third-order valence-electron chi connectivity index (χ3n) is 5.85. The van der Waals surface area contributed by atoms with Gasteiger partial charge in [0.1, 0.15) is 1.12 Å². The van der Waals surface area contributed by atoms with Gasteiger partial charge in [-0.1, -0.05) is 7.61 Å². The van der Waals surface area contributed by atoms with Gasteiger partial charge in [-0.25, -0.2) is 0 Å². The molecule has 6 atom stereocenters. The van der Waals surface area contributed by atoms with Crippen LogP contribution in [0, 0.1) is 0 Å². The number of allylic oxidation sites excluding steroid dienone is 1. The maximum absolute atomic E-state index is 9.21. The third-order valence-corrected chi connectivity index (χ3v) is 10.9. The maximum Gasteiger partial charge on any atom is 0.158 e. The predicted molar refractivity (Wildman–Crippen MR) is 175 cm³/mol. The second-order valence-corrected chi connectivity index (χ2v) is 17.5. The molecule has 2 aliphatic heterocycles. The number of aromatic nitrogens is 4. The summed E-state index contributed by atoms with van der Waals surface area (Å²) in [4.78, 5) is 0. The van der Waals surface area contributed by atoms with Gasteiger partial charge >= 0.3 is 0 Å². The average Bonchev–Trinajstić information content (AvgIpc) is 3.62. The van der Waals surface area contributed by atoms with E-state index in [0.717, 1.165) is 47.2 Å². The van der Waals surface area contributed by atoms with E-state index in [0.29, 0.717) is 0 Å². The number of ether oxygens (including phenoxy) is 3. The van der Waals surface area contributed by atoms with Crippen molar-refractivity contribution in [2.24, 2.45) is 0 Å². The van der Waals surface area contributed by atoms with Crippen molar-refractivity contribution in [3.8, 4) is 0 Å². The lowest BCUT2D eigenvalue weighted by atomic mass is 10.2. The summed E-state index contributed by atoms with van der Waals surface area (Å²) >= 11 is 7.63. The van der Waals surface area contributed by atoms with E-state index in [9.17, 15) is 5.11 Å². The van der Waals surface area contributed by atoms with Crippen molar-refractivity contribution in [1.82, 2.24) is 19.6 Å². The normalized spacial score (nSPS) is 21.1. The van der Waals surface area contributed by atoms with E-state index in [4.69, 9.17) is 16.6 Å². The third kappa shape index (κ3) is 16.9. The van der Waals surface area contributed by atoms with Crippen molar-refractivity contribution >= 4 is 59.0 Å². The molecule has 4 heterocycles. The number of hydrogen-bond acceptors (Lipinski definition) is 7. The van der Waals surface area contributed by atoms with Gasteiger partial charge in [-0.15, -0.1) is 12.2 Å². The molecule has 1 fully saturated rings. The quantitative estimate of drug-likeness (QED) is 0.210. The molecule has 2 aliphatic rings. The summed E-state index contributed by atoms with van der Waals surface area (Å²) in [6.45, 7) is 13.6. The van der Waals surface area contributed by atoms with Crippen molar-refractivity contribution in [3.63, 3.8) is 0 Å². The van der Waals surface area contributed by atoms with Crippen molar-refractivity contribution in [1.29, 1.82) is 2.40 Å². The number of nitrogens with zero attached hydrogens (tertiary/aromatic N) is 4. The Kier molecular flexibility index (Phi) is 18.6. The number of halogens is 2. The molecule has 2 aromatic rings. The molecule has 0 radical (unpaired) electrons. The van der Waals surface area contributed by atoms with Crippen LogP contribution in [0.4, 0.5) is 0 Å². The molecular weight excluding hydrogens is 686 g/mol. The molecule has 39 heavy (non-hydrogen) atoms. The molecule has 0 spiro atoms. The van der Waals surface area contributed by atoms with Gasteiger partial charge in [-0.05, 0) is 118 Å². The lowest BCUT2D eigenvalue weighted by Gasteiger charge is -2.29. The highest BCUT2D eigenvalue weighted by atomic mass is 79.9. The lowest BCUT2D eigenvalue weighted by molar-refractivity contribution is -0.192. The molecule has 0 aromatic carbocycles. The zero-order valence-corrected chi connectivity index (χ0v) is 29.6. The first-order valence-corrected chi connectivity index (χ1v) is 19.6. The maximum atomic E-state index is 9.21. The van der Waals surface area contributed by atoms with E-state index in [1.54, 1.807) is 30.3 Å². The van der Waals surface area contributed by atoms with Crippen molar-refractivity contribution in [2.45, 2.75) is 90.4 Å². The molecule has 0 amide bonds. The molecule has 0 saturated carbocycles. The summed E-state index contributed by atoms with van der Waals surface area (Å²) in [6.07, 6.45) is 16.5. The first-order valence-electron chi connectivity index (χ1n) is 14.0. The molecular formula is C26H46Br2N4O4P2S. The van der Waals surface area contributed by atoms with Crippen molar-refractivity contribution in [2.75, 3.05) is 26.5 Å². The van der Waals surface area contributed by atoms with E-state index in [1.807, 2.05) is 43.4 Å². The second-order valence-electron chi connectivity index (χ2n) is 9.45. The Morgan fingerprint density at radius 1 is 1.13 bits per heavy atom. The fourth-order valence-electron chi connectivity index (χ4n) is 3.17. The van der Waals surface area contributed by atoms with Crippen LogP contribution < -0.4 is 0 Å². The summed E-state index contributed by atoms with van der Waals surface area (Å²) in [6, 6.07) is 0.230. The minimum atomic E-state index is -0.739. The monoisotopic (exact) mass is 733 g/mol. The highest BCUT2D eigenvalue weighted by Crippen LogP contribution is 2.51. The highest BCUT2D eigenvalue weighted by Gasteiger charge is 2.22. The van der Waals surface area contributed by atoms with Crippen LogP contribution >= 0.6 is 59.0 Å². The molecule has 4 rings (SSSR count).